The van der Waals surface area contributed by atoms with Crippen LogP contribution in [0, 0.1) is 30.3 Å². The Morgan fingerprint density at radius 1 is 1.06 bits per heavy atom. The number of aryl methyl sites for hydroxylation is 1. The topological polar surface area (TPSA) is 47.4 Å². The van der Waals surface area contributed by atoms with Crippen LogP contribution in [0.2, 0.25) is 0 Å². The van der Waals surface area contributed by atoms with Crippen LogP contribution < -0.4 is 4.74 Å². The quantitative estimate of drug-likeness (QED) is 0.485. The molecule has 0 aliphatic carbocycles. The van der Waals surface area contributed by atoms with Gasteiger partial charge in [-0.1, -0.05) is 6.92 Å². The maximum absolute atomic E-state index is 14.3. The Bertz CT molecular complexity index is 1140. The number of likely N-dealkylation sites (tertiary alicyclic amines) is 1. The minimum absolute atomic E-state index is 0.0507. The van der Waals surface area contributed by atoms with Crippen molar-refractivity contribution >= 4 is 5.91 Å². The zero-order chi connectivity index (χ0) is 23.5. The molecule has 1 aliphatic heterocycles. The van der Waals surface area contributed by atoms with Gasteiger partial charge in [0, 0.05) is 31.1 Å². The molecule has 0 bridgehead atoms. The molecule has 8 heteroatoms. The van der Waals surface area contributed by atoms with E-state index in [1.54, 1.807) is 6.92 Å². The summed E-state index contributed by atoms with van der Waals surface area (Å²) in [5, 5.41) is 4.50. The third-order valence-corrected chi connectivity index (χ3v) is 6.03. The first-order valence-corrected chi connectivity index (χ1v) is 11.1. The van der Waals surface area contributed by atoms with Crippen LogP contribution in [0.3, 0.4) is 0 Å². The molecule has 1 fully saturated rings. The highest BCUT2D eigenvalue weighted by atomic mass is 19.1. The van der Waals surface area contributed by atoms with Crippen molar-refractivity contribution in [2.75, 3.05) is 13.1 Å². The van der Waals surface area contributed by atoms with Gasteiger partial charge in [-0.15, -0.1) is 0 Å². The fourth-order valence-corrected chi connectivity index (χ4v) is 4.00. The van der Waals surface area contributed by atoms with Crippen molar-refractivity contribution in [3.63, 3.8) is 0 Å². The molecule has 0 unspecified atom stereocenters. The number of nitrogens with zero attached hydrogens (tertiary/aromatic N) is 3. The van der Waals surface area contributed by atoms with Crippen LogP contribution in [-0.2, 0) is 11.2 Å². The lowest BCUT2D eigenvalue weighted by molar-refractivity contribution is -0.132. The number of halogens is 3. The molecule has 1 saturated heterocycles. The maximum atomic E-state index is 14.3. The zero-order valence-corrected chi connectivity index (χ0v) is 18.7. The Hall–Kier alpha value is -3.29. The van der Waals surface area contributed by atoms with Crippen molar-refractivity contribution < 1.29 is 22.7 Å². The average Bonchev–Trinajstić information content (AvgIpc) is 3.10. The van der Waals surface area contributed by atoms with Gasteiger partial charge in [-0.05, 0) is 68.5 Å². The molecule has 174 valence electrons. The number of amides is 1. The third-order valence-electron chi connectivity index (χ3n) is 6.03. The fraction of sp³-hybridized carbons (Fsp3) is 0.360. The minimum atomic E-state index is -0.857. The molecule has 0 N–H and O–H groups in total. The molecule has 3 aromatic rings. The van der Waals surface area contributed by atoms with E-state index in [0.29, 0.717) is 29.3 Å². The predicted molar refractivity (Wildman–Crippen MR) is 118 cm³/mol. The molecule has 0 radical (unpaired) electrons. The molecule has 2 aromatic carbocycles. The average molecular weight is 457 g/mol. The standard InChI is InChI=1S/C25H26F3N3O2/c1-16-11-13-30(14-12-16)24(32)10-8-21-17(2)29-31(20-6-3-18(26)4-7-20)25(21)33-23-9-5-19(27)15-22(23)28/h3-7,9,15-16H,8,10-14H2,1-2H3. The van der Waals surface area contributed by atoms with E-state index in [4.69, 9.17) is 4.74 Å². The van der Waals surface area contributed by atoms with Crippen LogP contribution >= 0.6 is 0 Å². The highest BCUT2D eigenvalue weighted by molar-refractivity contribution is 5.76. The second-order valence-corrected chi connectivity index (χ2v) is 8.50. The molecule has 1 aliphatic rings. The fourth-order valence-electron chi connectivity index (χ4n) is 4.00. The molecule has 2 heterocycles. The molecule has 0 spiro atoms. The number of ether oxygens (including phenoxy) is 1. The lowest BCUT2D eigenvalue weighted by Crippen LogP contribution is -2.38. The van der Waals surface area contributed by atoms with Crippen molar-refractivity contribution in [3.8, 4) is 17.3 Å². The van der Waals surface area contributed by atoms with E-state index < -0.39 is 17.5 Å². The summed E-state index contributed by atoms with van der Waals surface area (Å²) in [4.78, 5) is 14.7. The van der Waals surface area contributed by atoms with E-state index in [2.05, 4.69) is 12.0 Å². The maximum Gasteiger partial charge on any atom is 0.226 e. The SMILES string of the molecule is Cc1nn(-c2ccc(F)cc2)c(Oc2ccc(F)cc2F)c1CCC(=O)N1CCC(C)CC1. The zero-order valence-electron chi connectivity index (χ0n) is 18.7. The van der Waals surface area contributed by atoms with Crippen molar-refractivity contribution in [2.24, 2.45) is 5.92 Å². The summed E-state index contributed by atoms with van der Waals surface area (Å²) in [7, 11) is 0. The highest BCUT2D eigenvalue weighted by Crippen LogP contribution is 2.33. The number of hydrogen-bond acceptors (Lipinski definition) is 3. The number of hydrogen-bond donors (Lipinski definition) is 0. The van der Waals surface area contributed by atoms with Gasteiger partial charge in [-0.2, -0.15) is 5.10 Å². The normalized spacial score (nSPS) is 14.5. The molecular formula is C25H26F3N3O2. The third kappa shape index (κ3) is 5.21. The van der Waals surface area contributed by atoms with Gasteiger partial charge in [-0.25, -0.2) is 17.9 Å². The Morgan fingerprint density at radius 2 is 1.73 bits per heavy atom. The van der Waals surface area contributed by atoms with Crippen molar-refractivity contribution in [2.45, 2.75) is 39.5 Å². The Morgan fingerprint density at radius 3 is 2.39 bits per heavy atom. The number of aromatic nitrogens is 2. The Kier molecular flexibility index (Phi) is 6.72. The first kappa shape index (κ1) is 22.9. The van der Waals surface area contributed by atoms with Crippen LogP contribution in [0.1, 0.15) is 37.4 Å². The van der Waals surface area contributed by atoms with Crippen LogP contribution in [0.15, 0.2) is 42.5 Å². The summed E-state index contributed by atoms with van der Waals surface area (Å²) >= 11 is 0. The summed E-state index contributed by atoms with van der Waals surface area (Å²) < 4.78 is 48.5. The summed E-state index contributed by atoms with van der Waals surface area (Å²) in [6.07, 6.45) is 2.58. The molecule has 0 saturated carbocycles. The largest absolute Gasteiger partial charge is 0.436 e. The number of benzene rings is 2. The highest BCUT2D eigenvalue weighted by Gasteiger charge is 2.24. The van der Waals surface area contributed by atoms with Gasteiger partial charge in [-0.3, -0.25) is 4.79 Å². The number of piperidine rings is 1. The molecule has 4 rings (SSSR count). The summed E-state index contributed by atoms with van der Waals surface area (Å²) in [6.45, 7) is 5.46. The summed E-state index contributed by atoms with van der Waals surface area (Å²) in [5.74, 6) is -1.27. The molecule has 1 aromatic heterocycles. The molecular weight excluding hydrogens is 431 g/mol. The van der Waals surface area contributed by atoms with Gasteiger partial charge in [0.1, 0.15) is 11.6 Å². The molecule has 33 heavy (non-hydrogen) atoms. The second-order valence-electron chi connectivity index (χ2n) is 8.50. The smallest absolute Gasteiger partial charge is 0.226 e. The van der Waals surface area contributed by atoms with E-state index in [1.165, 1.54) is 35.0 Å². The van der Waals surface area contributed by atoms with Gasteiger partial charge < -0.3 is 9.64 Å². The lowest BCUT2D eigenvalue weighted by Gasteiger charge is -2.30. The lowest BCUT2D eigenvalue weighted by atomic mass is 9.98. The van der Waals surface area contributed by atoms with E-state index >= 15 is 0 Å². The second kappa shape index (κ2) is 9.68. The van der Waals surface area contributed by atoms with Crippen LogP contribution in [-0.4, -0.2) is 33.7 Å². The van der Waals surface area contributed by atoms with Crippen LogP contribution in [0.5, 0.6) is 11.6 Å². The summed E-state index contributed by atoms with van der Waals surface area (Å²) in [5.41, 5.74) is 1.76. The molecule has 1 amide bonds. The minimum Gasteiger partial charge on any atom is -0.436 e. The Balaban J connectivity index is 1.63. The van der Waals surface area contributed by atoms with Gasteiger partial charge in [0.05, 0.1) is 11.4 Å². The first-order chi connectivity index (χ1) is 15.8. The van der Waals surface area contributed by atoms with Crippen LogP contribution in [0.4, 0.5) is 13.2 Å². The van der Waals surface area contributed by atoms with E-state index in [0.717, 1.165) is 38.1 Å². The van der Waals surface area contributed by atoms with Gasteiger partial charge in [0.2, 0.25) is 11.8 Å². The Labute approximate surface area is 190 Å². The number of carbonyl (C=O) groups is 1. The van der Waals surface area contributed by atoms with E-state index in [-0.39, 0.29) is 24.0 Å². The van der Waals surface area contributed by atoms with Crippen molar-refractivity contribution in [3.05, 3.63) is 71.2 Å². The van der Waals surface area contributed by atoms with E-state index in [1.807, 2.05) is 4.90 Å². The van der Waals surface area contributed by atoms with Gasteiger partial charge in [0.25, 0.3) is 0 Å². The van der Waals surface area contributed by atoms with Gasteiger partial charge in [0.15, 0.2) is 11.6 Å². The predicted octanol–water partition coefficient (Wildman–Crippen LogP) is 5.58. The first-order valence-electron chi connectivity index (χ1n) is 11.1. The van der Waals surface area contributed by atoms with E-state index in [9.17, 15) is 18.0 Å². The molecule has 5 nitrogen and oxygen atoms in total. The van der Waals surface area contributed by atoms with Crippen molar-refractivity contribution in [1.82, 2.24) is 14.7 Å². The number of carbonyl (C=O) groups excluding carboxylic acids is 1. The molecule has 0 atom stereocenters. The van der Waals surface area contributed by atoms with Crippen LogP contribution in [0.25, 0.3) is 5.69 Å². The van der Waals surface area contributed by atoms with Crippen molar-refractivity contribution in [1.29, 1.82) is 0 Å². The monoisotopic (exact) mass is 457 g/mol. The van der Waals surface area contributed by atoms with Gasteiger partial charge >= 0.3 is 0 Å². The summed E-state index contributed by atoms with van der Waals surface area (Å²) in [6, 6.07) is 8.67. The number of rotatable bonds is 6.